The van der Waals surface area contributed by atoms with Crippen LogP contribution in [0.3, 0.4) is 0 Å². The molecule has 0 spiro atoms. The second kappa shape index (κ2) is 19.5. The van der Waals surface area contributed by atoms with Crippen molar-refractivity contribution in [2.45, 2.75) is 197 Å². The minimum Gasteiger partial charge on any atom is -0.505 e. The molecule has 9 rings (SSSR count). The third kappa shape index (κ3) is 8.32. The van der Waals surface area contributed by atoms with Crippen molar-refractivity contribution >= 4 is 11.0 Å². The zero-order valence-electron chi connectivity index (χ0n) is 46.0. The average molecular weight is 944 g/mol. The highest BCUT2D eigenvalue weighted by molar-refractivity contribution is 5.74. The summed E-state index contributed by atoms with van der Waals surface area (Å²) in [5.74, 6) is 5.88. The van der Waals surface area contributed by atoms with Gasteiger partial charge in [0.25, 0.3) is 0 Å². The summed E-state index contributed by atoms with van der Waals surface area (Å²) in [5.41, 5.74) is 6.42. The lowest BCUT2D eigenvalue weighted by Crippen LogP contribution is -2.59. The summed E-state index contributed by atoms with van der Waals surface area (Å²) < 4.78 is 0. The van der Waals surface area contributed by atoms with E-state index < -0.39 is 5.41 Å². The molecule has 0 saturated heterocycles. The molecule has 0 bridgehead atoms. The van der Waals surface area contributed by atoms with E-state index in [-0.39, 0.29) is 27.1 Å². The quantitative estimate of drug-likeness (QED) is 0.128. The Kier molecular flexibility index (Phi) is 14.2. The van der Waals surface area contributed by atoms with Gasteiger partial charge >= 0.3 is 0 Å². The van der Waals surface area contributed by atoms with Gasteiger partial charge in [-0.25, -0.2) is 0 Å². The van der Waals surface area contributed by atoms with Crippen LogP contribution in [0.25, 0.3) is 16.7 Å². The van der Waals surface area contributed by atoms with Gasteiger partial charge < -0.3 is 5.11 Å². The van der Waals surface area contributed by atoms with Gasteiger partial charge in [-0.2, -0.15) is 0 Å². The maximum atomic E-state index is 14.1. The van der Waals surface area contributed by atoms with E-state index in [1.807, 2.05) is 4.80 Å². The summed E-state index contributed by atoms with van der Waals surface area (Å²) >= 11 is 0. The van der Waals surface area contributed by atoms with Crippen LogP contribution in [0.2, 0.25) is 0 Å². The van der Waals surface area contributed by atoms with Crippen molar-refractivity contribution in [3.8, 4) is 11.4 Å². The van der Waals surface area contributed by atoms with E-state index in [4.69, 9.17) is 10.2 Å². The van der Waals surface area contributed by atoms with Crippen LogP contribution in [0.4, 0.5) is 0 Å². The van der Waals surface area contributed by atoms with Crippen molar-refractivity contribution in [3.63, 3.8) is 0 Å². The lowest BCUT2D eigenvalue weighted by atomic mass is 9.38. The van der Waals surface area contributed by atoms with E-state index in [9.17, 15) is 5.11 Å². The molecule has 4 heteroatoms. The number of phenols is 1. The molecule has 0 radical (unpaired) electrons. The summed E-state index contributed by atoms with van der Waals surface area (Å²) in [5, 5.41) is 24.8. The molecule has 4 aliphatic carbocycles. The Morgan fingerprint density at radius 1 is 0.429 bits per heavy atom. The van der Waals surface area contributed by atoms with Crippen molar-refractivity contribution in [1.29, 1.82) is 0 Å². The van der Waals surface area contributed by atoms with Crippen molar-refractivity contribution < 1.29 is 5.11 Å². The SMILES string of the molecule is CC(C)C1CCC(C)(C(c2ccccc2)(c2cc(-n3nc4ccccc4n3)c(O)c(C(c3ccccc3)(C3(C)CCC(C(C)C)CC3)C3(C)CCC(C(C)C)CC3)c2)C2(C)CCC(C(C)C)CC2)CC1. The third-order valence-corrected chi connectivity index (χ3v) is 21.8. The summed E-state index contributed by atoms with van der Waals surface area (Å²) in [6.45, 7) is 30.4. The summed E-state index contributed by atoms with van der Waals surface area (Å²) in [4.78, 5) is 1.85. The summed E-state index contributed by atoms with van der Waals surface area (Å²) in [7, 11) is 0. The van der Waals surface area contributed by atoms with E-state index in [1.165, 1.54) is 93.7 Å². The van der Waals surface area contributed by atoms with Gasteiger partial charge in [-0.3, -0.25) is 0 Å². The lowest BCUT2D eigenvalue weighted by Gasteiger charge is -2.65. The Morgan fingerprint density at radius 2 is 0.729 bits per heavy atom. The number of aromatic hydroxyl groups is 1. The molecule has 1 aromatic heterocycles. The lowest BCUT2D eigenvalue weighted by molar-refractivity contribution is -0.0439. The predicted molar refractivity (Wildman–Crippen MR) is 295 cm³/mol. The van der Waals surface area contributed by atoms with Gasteiger partial charge in [-0.15, -0.1) is 15.0 Å². The monoisotopic (exact) mass is 944 g/mol. The Morgan fingerprint density at radius 3 is 1.06 bits per heavy atom. The molecule has 0 aliphatic heterocycles. The molecular weight excluding hydrogens is 851 g/mol. The molecule has 4 saturated carbocycles. The topological polar surface area (TPSA) is 50.9 Å². The first-order chi connectivity index (χ1) is 33.3. The first-order valence-electron chi connectivity index (χ1n) is 28.6. The Bertz CT molecular complexity index is 2410. The first kappa shape index (κ1) is 51.0. The van der Waals surface area contributed by atoms with Crippen molar-refractivity contribution in [2.24, 2.45) is 69.0 Å². The van der Waals surface area contributed by atoms with Gasteiger partial charge in [0.1, 0.15) is 22.5 Å². The highest BCUT2D eigenvalue weighted by Crippen LogP contribution is 2.72. The number of aromatic nitrogens is 3. The zero-order chi connectivity index (χ0) is 49.9. The normalized spacial score (nSPS) is 31.8. The summed E-state index contributed by atoms with van der Waals surface area (Å²) in [6, 6.07) is 37.1. The Hall–Kier alpha value is -3.92. The Balaban J connectivity index is 1.44. The minimum absolute atomic E-state index is 0.0687. The van der Waals surface area contributed by atoms with Crippen LogP contribution in [0.5, 0.6) is 5.75 Å². The number of nitrogens with zero attached hydrogens (tertiary/aromatic N) is 3. The highest BCUT2D eigenvalue weighted by Gasteiger charge is 2.65. The van der Waals surface area contributed by atoms with E-state index >= 15 is 0 Å². The van der Waals surface area contributed by atoms with Crippen LogP contribution in [0.1, 0.15) is 208 Å². The minimum atomic E-state index is -0.526. The van der Waals surface area contributed by atoms with Crippen LogP contribution >= 0.6 is 0 Å². The van der Waals surface area contributed by atoms with Crippen LogP contribution in [0, 0.1) is 69.0 Å². The molecule has 4 aliphatic rings. The smallest absolute Gasteiger partial charge is 0.147 e. The number of benzene rings is 4. The van der Waals surface area contributed by atoms with Gasteiger partial charge in [-0.05, 0) is 207 Å². The molecule has 0 atom stereocenters. The zero-order valence-corrected chi connectivity index (χ0v) is 46.0. The molecule has 4 nitrogen and oxygen atoms in total. The molecule has 0 amide bonds. The molecule has 4 fully saturated rings. The predicted octanol–water partition coefficient (Wildman–Crippen LogP) is 18.1. The molecule has 1 N–H and O–H groups in total. The average Bonchev–Trinajstić information content (AvgIpc) is 3.78. The molecule has 378 valence electrons. The van der Waals surface area contributed by atoms with Gasteiger partial charge in [0.15, 0.2) is 0 Å². The van der Waals surface area contributed by atoms with Crippen molar-refractivity contribution in [2.75, 3.05) is 0 Å². The second-order valence-electron chi connectivity index (χ2n) is 26.7. The number of hydrogen-bond donors (Lipinski definition) is 1. The van der Waals surface area contributed by atoms with Gasteiger partial charge in [0.05, 0.1) is 0 Å². The molecular formula is C66H93N3O. The van der Waals surface area contributed by atoms with E-state index in [0.29, 0.717) is 41.3 Å². The molecule has 0 unspecified atom stereocenters. The molecule has 70 heavy (non-hydrogen) atoms. The number of rotatable bonds is 13. The summed E-state index contributed by atoms with van der Waals surface area (Å²) in [6.07, 6.45) is 19.1. The van der Waals surface area contributed by atoms with E-state index in [1.54, 1.807) is 0 Å². The van der Waals surface area contributed by atoms with Crippen LogP contribution < -0.4 is 0 Å². The fraction of sp³-hybridized carbons (Fsp3) is 0.636. The van der Waals surface area contributed by atoms with Crippen LogP contribution in [-0.2, 0) is 10.8 Å². The van der Waals surface area contributed by atoms with Gasteiger partial charge in [0, 0.05) is 16.4 Å². The third-order valence-electron chi connectivity index (χ3n) is 21.8. The van der Waals surface area contributed by atoms with E-state index in [0.717, 1.165) is 59.8 Å². The fourth-order valence-corrected chi connectivity index (χ4v) is 17.4. The fourth-order valence-electron chi connectivity index (χ4n) is 17.4. The van der Waals surface area contributed by atoms with Gasteiger partial charge in [0.2, 0.25) is 0 Å². The van der Waals surface area contributed by atoms with Crippen molar-refractivity contribution in [1.82, 2.24) is 15.0 Å². The van der Waals surface area contributed by atoms with E-state index in [2.05, 4.69) is 180 Å². The maximum Gasteiger partial charge on any atom is 0.147 e. The first-order valence-corrected chi connectivity index (χ1v) is 28.6. The number of phenolic OH excluding ortho intramolecular Hbond substituents is 1. The number of hydrogen-bond acceptors (Lipinski definition) is 3. The van der Waals surface area contributed by atoms with Gasteiger partial charge in [-0.1, -0.05) is 162 Å². The van der Waals surface area contributed by atoms with Crippen LogP contribution in [-0.4, -0.2) is 20.1 Å². The maximum absolute atomic E-state index is 14.1. The number of fused-ring (bicyclic) bond motifs is 1. The largest absolute Gasteiger partial charge is 0.505 e. The molecule has 1 heterocycles. The Labute approximate surface area is 425 Å². The highest BCUT2D eigenvalue weighted by atomic mass is 16.3. The molecule has 4 aromatic carbocycles. The van der Waals surface area contributed by atoms with Crippen LogP contribution in [0.15, 0.2) is 97.1 Å². The van der Waals surface area contributed by atoms with Crippen molar-refractivity contribution in [3.05, 3.63) is 119 Å². The standard InChI is InChI=1S/C66H93N3O/c1-45(2)49-27-35-61(9,36-28-49)65(53-21-15-13-16-22-53,62(10)37-29-50(30-38-62)46(3)4)55-43-56(60(70)59(44-55)69-67-57-25-19-20-26-58(57)68-69)66(54-23-17-14-18-24-54,63(11)39-31-51(32-40-63)47(5)6)64(12)41-33-52(34-42-64)48(7)8/h13-26,43-52,70H,27-42H2,1-12H3. The molecule has 5 aromatic rings. The second-order valence-corrected chi connectivity index (χ2v) is 26.7.